The van der Waals surface area contributed by atoms with Crippen LogP contribution in [-0.4, -0.2) is 36.7 Å². The summed E-state index contributed by atoms with van der Waals surface area (Å²) < 4.78 is 11.4. The molecular formula is C15H20BrNO3. The molecule has 0 aromatic heterocycles. The Morgan fingerprint density at radius 2 is 2.00 bits per heavy atom. The summed E-state index contributed by atoms with van der Waals surface area (Å²) in [6.45, 7) is 8.94. The molecule has 2 fully saturated rings. The maximum atomic E-state index is 9.60. The predicted molar refractivity (Wildman–Crippen MR) is 80.2 cm³/mol. The van der Waals surface area contributed by atoms with Gasteiger partial charge in [-0.15, -0.1) is 0 Å². The normalized spacial score (nSPS) is 27.1. The average Bonchev–Trinajstić information content (AvgIpc) is 2.92. The quantitative estimate of drug-likeness (QED) is 0.612. The third-order valence-corrected chi connectivity index (χ3v) is 3.74. The number of nitrogens with zero attached hydrogens (tertiary/aromatic N) is 1. The monoisotopic (exact) mass is 341 g/mol. The zero-order valence-electron chi connectivity index (χ0n) is 12.1. The Morgan fingerprint density at radius 3 is 2.35 bits per heavy atom. The van der Waals surface area contributed by atoms with Crippen molar-refractivity contribution in [3.05, 3.63) is 34.3 Å². The van der Waals surface area contributed by atoms with Gasteiger partial charge in [0.05, 0.1) is 6.61 Å². The van der Waals surface area contributed by atoms with Gasteiger partial charge in [-0.3, -0.25) is 9.69 Å². The standard InChI is InChI=1S/C10H10BrNO.C5H10O2/c11-9-3-1-8(2-4-9)10-7-12(10)5-6-13-10;1-5(2,3)7-4-6/h1-4H,5-7H2;4H,1-3H3. The molecule has 0 amide bonds. The first-order valence-electron chi connectivity index (χ1n) is 6.64. The fraction of sp³-hybridized carbons (Fsp3) is 0.533. The third kappa shape index (κ3) is 3.59. The highest BCUT2D eigenvalue weighted by atomic mass is 79.9. The molecule has 1 aromatic rings. The van der Waals surface area contributed by atoms with E-state index >= 15 is 0 Å². The van der Waals surface area contributed by atoms with Crippen LogP contribution < -0.4 is 0 Å². The number of ether oxygens (including phenoxy) is 2. The number of hydrogen-bond donors (Lipinski definition) is 0. The molecule has 2 aliphatic rings. The molecule has 2 atom stereocenters. The number of carbonyl (C=O) groups excluding carboxylic acids is 1. The Hall–Kier alpha value is -0.910. The summed E-state index contributed by atoms with van der Waals surface area (Å²) in [6, 6.07) is 8.41. The van der Waals surface area contributed by atoms with Gasteiger partial charge in [-0.1, -0.05) is 28.1 Å². The molecule has 0 spiro atoms. The smallest absolute Gasteiger partial charge is 0.293 e. The van der Waals surface area contributed by atoms with Gasteiger partial charge in [0.1, 0.15) is 5.60 Å². The van der Waals surface area contributed by atoms with Gasteiger partial charge in [0, 0.05) is 23.1 Å². The topological polar surface area (TPSA) is 38.5 Å². The average molecular weight is 342 g/mol. The Balaban J connectivity index is 0.000000182. The fourth-order valence-corrected chi connectivity index (χ4v) is 2.42. The minimum atomic E-state index is -0.318. The zero-order valence-corrected chi connectivity index (χ0v) is 13.6. The van der Waals surface area contributed by atoms with E-state index in [1.54, 1.807) is 0 Å². The first-order valence-corrected chi connectivity index (χ1v) is 7.43. The van der Waals surface area contributed by atoms with Crippen LogP contribution in [0.15, 0.2) is 28.7 Å². The van der Waals surface area contributed by atoms with Crippen molar-refractivity contribution in [2.24, 2.45) is 0 Å². The van der Waals surface area contributed by atoms with Crippen LogP contribution >= 0.6 is 15.9 Å². The number of carbonyl (C=O) groups is 1. The highest BCUT2D eigenvalue weighted by Gasteiger charge is 2.58. The largest absolute Gasteiger partial charge is 0.462 e. The lowest BCUT2D eigenvalue weighted by molar-refractivity contribution is -0.138. The Morgan fingerprint density at radius 1 is 1.35 bits per heavy atom. The van der Waals surface area contributed by atoms with Crippen molar-refractivity contribution in [1.29, 1.82) is 0 Å². The highest BCUT2D eigenvalue weighted by molar-refractivity contribution is 9.10. The minimum absolute atomic E-state index is 0.0410. The van der Waals surface area contributed by atoms with Gasteiger partial charge in [0.2, 0.25) is 0 Å². The van der Waals surface area contributed by atoms with Crippen molar-refractivity contribution in [2.75, 3.05) is 19.7 Å². The van der Waals surface area contributed by atoms with Crippen LogP contribution in [0.5, 0.6) is 0 Å². The maximum absolute atomic E-state index is 9.60. The van der Waals surface area contributed by atoms with Gasteiger partial charge >= 0.3 is 0 Å². The molecule has 2 heterocycles. The molecule has 0 bridgehead atoms. The van der Waals surface area contributed by atoms with Crippen molar-refractivity contribution in [1.82, 2.24) is 4.90 Å². The van der Waals surface area contributed by atoms with Gasteiger partial charge in [-0.2, -0.15) is 0 Å². The molecule has 1 aromatic carbocycles. The first-order chi connectivity index (χ1) is 9.37. The first kappa shape index (κ1) is 15.5. The summed E-state index contributed by atoms with van der Waals surface area (Å²) >= 11 is 3.43. The van der Waals surface area contributed by atoms with Crippen molar-refractivity contribution in [3.63, 3.8) is 0 Å². The highest BCUT2D eigenvalue weighted by Crippen LogP contribution is 2.47. The predicted octanol–water partition coefficient (Wildman–Crippen LogP) is 2.91. The van der Waals surface area contributed by atoms with E-state index in [1.165, 1.54) is 5.56 Å². The van der Waals surface area contributed by atoms with E-state index in [-0.39, 0.29) is 11.3 Å². The summed E-state index contributed by atoms with van der Waals surface area (Å²) in [5, 5.41) is 0. The summed E-state index contributed by atoms with van der Waals surface area (Å²) in [6.07, 6.45) is 0. The van der Waals surface area contributed by atoms with Gasteiger partial charge in [-0.25, -0.2) is 0 Å². The second-order valence-corrected chi connectivity index (χ2v) is 6.80. The number of halogens is 1. The molecule has 0 radical (unpaired) electrons. The van der Waals surface area contributed by atoms with Gasteiger partial charge in [0.15, 0.2) is 5.72 Å². The van der Waals surface area contributed by atoms with Crippen molar-refractivity contribution in [3.8, 4) is 0 Å². The Bertz CT molecular complexity index is 469. The summed E-state index contributed by atoms with van der Waals surface area (Å²) in [7, 11) is 0. The molecular weight excluding hydrogens is 322 g/mol. The third-order valence-electron chi connectivity index (χ3n) is 3.21. The van der Waals surface area contributed by atoms with Gasteiger partial charge in [0.25, 0.3) is 6.47 Å². The molecule has 0 aliphatic carbocycles. The van der Waals surface area contributed by atoms with E-state index in [1.807, 2.05) is 20.8 Å². The molecule has 0 N–H and O–H groups in total. The molecule has 4 nitrogen and oxygen atoms in total. The molecule has 110 valence electrons. The number of benzene rings is 1. The van der Waals surface area contributed by atoms with E-state index in [0.29, 0.717) is 6.47 Å². The Kier molecular flexibility index (Phi) is 4.52. The molecule has 0 saturated carbocycles. The molecule has 3 rings (SSSR count). The second kappa shape index (κ2) is 5.84. The molecule has 20 heavy (non-hydrogen) atoms. The van der Waals surface area contributed by atoms with E-state index in [0.717, 1.165) is 24.2 Å². The van der Waals surface area contributed by atoms with Crippen LogP contribution in [0.25, 0.3) is 0 Å². The van der Waals surface area contributed by atoms with Crippen molar-refractivity contribution >= 4 is 22.4 Å². The van der Waals surface area contributed by atoms with Crippen LogP contribution in [0.3, 0.4) is 0 Å². The molecule has 2 saturated heterocycles. The van der Waals surface area contributed by atoms with Crippen LogP contribution in [0.1, 0.15) is 26.3 Å². The van der Waals surface area contributed by atoms with Crippen molar-refractivity contribution < 1.29 is 14.3 Å². The van der Waals surface area contributed by atoms with E-state index in [2.05, 4.69) is 49.8 Å². The van der Waals surface area contributed by atoms with Gasteiger partial charge < -0.3 is 9.47 Å². The SMILES string of the molecule is Brc1ccc(C23CN2CCO3)cc1.CC(C)(C)OC=O. The molecule has 5 heteroatoms. The van der Waals surface area contributed by atoms with E-state index in [4.69, 9.17) is 4.74 Å². The number of fused-ring (bicyclic) bond motifs is 1. The lowest BCUT2D eigenvalue weighted by atomic mass is 10.1. The van der Waals surface area contributed by atoms with Crippen LogP contribution in [0.4, 0.5) is 0 Å². The van der Waals surface area contributed by atoms with E-state index in [9.17, 15) is 4.79 Å². The Labute approximate surface area is 128 Å². The minimum Gasteiger partial charge on any atom is -0.462 e. The van der Waals surface area contributed by atoms with Crippen LogP contribution in [0.2, 0.25) is 0 Å². The fourth-order valence-electron chi connectivity index (χ4n) is 2.16. The molecule has 2 unspecified atom stereocenters. The lowest BCUT2D eigenvalue weighted by Gasteiger charge is -2.14. The van der Waals surface area contributed by atoms with Crippen molar-refractivity contribution in [2.45, 2.75) is 32.1 Å². The van der Waals surface area contributed by atoms with Crippen LogP contribution in [0, 0.1) is 0 Å². The number of rotatable bonds is 2. The summed E-state index contributed by atoms with van der Waals surface area (Å²) in [5.74, 6) is 0. The molecule has 2 aliphatic heterocycles. The van der Waals surface area contributed by atoms with E-state index < -0.39 is 0 Å². The lowest BCUT2D eigenvalue weighted by Crippen LogP contribution is -2.17. The number of morpholine rings is 1. The van der Waals surface area contributed by atoms with Crippen LogP contribution in [-0.2, 0) is 20.0 Å². The maximum Gasteiger partial charge on any atom is 0.293 e. The second-order valence-electron chi connectivity index (χ2n) is 5.89. The van der Waals surface area contributed by atoms with Gasteiger partial charge in [-0.05, 0) is 32.9 Å². The summed E-state index contributed by atoms with van der Waals surface area (Å²) in [4.78, 5) is 12.0. The summed E-state index contributed by atoms with van der Waals surface area (Å²) in [5.41, 5.74) is 0.927. The number of hydrogen-bond acceptors (Lipinski definition) is 4. The zero-order chi connectivity index (χ0) is 14.8.